The molecule has 0 unspecified atom stereocenters. The first-order chi connectivity index (χ1) is 9.06. The largest absolute Gasteiger partial charge is 0.368 e. The van der Waals surface area contributed by atoms with Gasteiger partial charge in [0.25, 0.3) is 0 Å². The fourth-order valence-electron chi connectivity index (χ4n) is 1.77. The van der Waals surface area contributed by atoms with Crippen molar-refractivity contribution in [1.82, 2.24) is 15.3 Å². The highest BCUT2D eigenvalue weighted by Crippen LogP contribution is 2.09. The lowest BCUT2D eigenvalue weighted by Crippen LogP contribution is -2.45. The number of aromatic nitrogens is 2. The summed E-state index contributed by atoms with van der Waals surface area (Å²) in [4.78, 5) is 30.9. The monoisotopic (exact) mass is 258 g/mol. The summed E-state index contributed by atoms with van der Waals surface area (Å²) >= 11 is 0. The maximum Gasteiger partial charge on any atom is 0.240 e. The zero-order valence-electron chi connectivity index (χ0n) is 10.5. The second-order valence-corrected chi connectivity index (χ2v) is 4.21. The molecule has 6 heteroatoms. The average molecular weight is 258 g/mol. The van der Waals surface area contributed by atoms with Gasteiger partial charge in [-0.2, -0.15) is 0 Å². The van der Waals surface area contributed by atoms with Gasteiger partial charge in [0.1, 0.15) is 6.04 Å². The van der Waals surface area contributed by atoms with Gasteiger partial charge < -0.3 is 11.1 Å². The molecule has 2 amide bonds. The fourth-order valence-corrected chi connectivity index (χ4v) is 1.77. The summed E-state index contributed by atoms with van der Waals surface area (Å²) in [7, 11) is 0. The first-order valence-electron chi connectivity index (χ1n) is 5.83. The Labute approximate surface area is 110 Å². The van der Waals surface area contributed by atoms with Gasteiger partial charge in [-0.05, 0) is 12.1 Å². The molecule has 0 spiro atoms. The van der Waals surface area contributed by atoms with E-state index in [1.54, 1.807) is 6.20 Å². The van der Waals surface area contributed by atoms with Gasteiger partial charge in [0.2, 0.25) is 11.8 Å². The van der Waals surface area contributed by atoms with E-state index >= 15 is 0 Å². The predicted octanol–water partition coefficient (Wildman–Crippen LogP) is 0.162. The SMILES string of the molecule is CC(=O)N[C@@H](Cc1cnc2ccccc2n1)C(N)=O. The van der Waals surface area contributed by atoms with Gasteiger partial charge in [-0.3, -0.25) is 14.6 Å². The molecule has 1 aromatic heterocycles. The molecule has 0 bridgehead atoms. The molecule has 98 valence electrons. The van der Waals surface area contributed by atoms with Crippen LogP contribution < -0.4 is 11.1 Å². The molecular formula is C13H14N4O2. The zero-order chi connectivity index (χ0) is 13.8. The molecular weight excluding hydrogens is 244 g/mol. The maximum atomic E-state index is 11.3. The molecule has 0 fully saturated rings. The summed E-state index contributed by atoms with van der Waals surface area (Å²) in [6, 6.07) is 6.66. The van der Waals surface area contributed by atoms with Crippen LogP contribution in [0, 0.1) is 0 Å². The molecule has 0 saturated carbocycles. The normalized spacial score (nSPS) is 12.1. The fraction of sp³-hybridized carbons (Fsp3) is 0.231. The van der Waals surface area contributed by atoms with Crippen molar-refractivity contribution in [3.05, 3.63) is 36.2 Å². The molecule has 0 aliphatic carbocycles. The number of amides is 2. The molecule has 1 atom stereocenters. The Kier molecular flexibility index (Phi) is 3.70. The van der Waals surface area contributed by atoms with E-state index in [0.717, 1.165) is 11.0 Å². The Morgan fingerprint density at radius 2 is 2.00 bits per heavy atom. The van der Waals surface area contributed by atoms with Crippen LogP contribution in [-0.4, -0.2) is 27.8 Å². The minimum atomic E-state index is -0.770. The lowest BCUT2D eigenvalue weighted by molar-refractivity contribution is -0.126. The minimum Gasteiger partial charge on any atom is -0.368 e. The summed E-state index contributed by atoms with van der Waals surface area (Å²) in [5.74, 6) is -0.900. The van der Waals surface area contributed by atoms with Crippen molar-refractivity contribution in [2.45, 2.75) is 19.4 Å². The molecule has 0 radical (unpaired) electrons. The van der Waals surface area contributed by atoms with Gasteiger partial charge >= 0.3 is 0 Å². The topological polar surface area (TPSA) is 98.0 Å². The maximum absolute atomic E-state index is 11.3. The number of nitrogens with zero attached hydrogens (tertiary/aromatic N) is 2. The van der Waals surface area contributed by atoms with Crippen LogP contribution in [0.25, 0.3) is 11.0 Å². The number of hydrogen-bond acceptors (Lipinski definition) is 4. The quantitative estimate of drug-likeness (QED) is 0.816. The molecule has 2 aromatic rings. The first-order valence-corrected chi connectivity index (χ1v) is 5.83. The highest BCUT2D eigenvalue weighted by Gasteiger charge is 2.17. The minimum absolute atomic E-state index is 0.229. The van der Waals surface area contributed by atoms with Crippen LogP contribution in [0.2, 0.25) is 0 Å². The predicted molar refractivity (Wildman–Crippen MR) is 70.0 cm³/mol. The number of carbonyl (C=O) groups excluding carboxylic acids is 2. The van der Waals surface area contributed by atoms with Crippen molar-refractivity contribution in [3.63, 3.8) is 0 Å². The second kappa shape index (κ2) is 5.43. The van der Waals surface area contributed by atoms with Gasteiger partial charge in [0.15, 0.2) is 0 Å². The van der Waals surface area contributed by atoms with E-state index in [1.165, 1.54) is 6.92 Å². The summed E-state index contributed by atoms with van der Waals surface area (Å²) in [6.07, 6.45) is 1.81. The summed E-state index contributed by atoms with van der Waals surface area (Å²) in [5, 5.41) is 2.49. The van der Waals surface area contributed by atoms with Gasteiger partial charge in [-0.1, -0.05) is 12.1 Å². The van der Waals surface area contributed by atoms with Crippen LogP contribution in [0.5, 0.6) is 0 Å². The van der Waals surface area contributed by atoms with Crippen LogP contribution in [0.3, 0.4) is 0 Å². The molecule has 2 rings (SSSR count). The Hall–Kier alpha value is -2.50. The molecule has 0 aliphatic rings. The first kappa shape index (κ1) is 12.9. The van der Waals surface area contributed by atoms with E-state index < -0.39 is 11.9 Å². The molecule has 0 saturated heterocycles. The number of fused-ring (bicyclic) bond motifs is 1. The Morgan fingerprint density at radius 3 is 2.63 bits per heavy atom. The van der Waals surface area contributed by atoms with Crippen LogP contribution in [0.15, 0.2) is 30.5 Å². The number of primary amides is 1. The van der Waals surface area contributed by atoms with Gasteiger partial charge in [-0.25, -0.2) is 4.98 Å². The van der Waals surface area contributed by atoms with Crippen LogP contribution in [-0.2, 0) is 16.0 Å². The number of nitrogens with one attached hydrogen (secondary N) is 1. The zero-order valence-corrected chi connectivity index (χ0v) is 10.5. The Morgan fingerprint density at radius 1 is 1.32 bits per heavy atom. The molecule has 6 nitrogen and oxygen atoms in total. The third-order valence-corrected chi connectivity index (χ3v) is 2.63. The van der Waals surface area contributed by atoms with Gasteiger partial charge in [0, 0.05) is 19.5 Å². The van der Waals surface area contributed by atoms with E-state index in [-0.39, 0.29) is 12.3 Å². The number of benzene rings is 1. The smallest absolute Gasteiger partial charge is 0.240 e. The lowest BCUT2D eigenvalue weighted by Gasteiger charge is -2.13. The van der Waals surface area contributed by atoms with Crippen molar-refractivity contribution in [3.8, 4) is 0 Å². The van der Waals surface area contributed by atoms with E-state index in [4.69, 9.17) is 5.73 Å². The molecule has 3 N–H and O–H groups in total. The Balaban J connectivity index is 2.23. The van der Waals surface area contributed by atoms with Crippen molar-refractivity contribution in [2.24, 2.45) is 5.73 Å². The van der Waals surface area contributed by atoms with E-state index in [9.17, 15) is 9.59 Å². The van der Waals surface area contributed by atoms with E-state index in [0.29, 0.717) is 5.69 Å². The Bertz CT molecular complexity index is 627. The standard InChI is InChI=1S/C13H14N4O2/c1-8(18)16-12(13(14)19)6-9-7-15-10-4-2-3-5-11(10)17-9/h2-5,7,12H,6H2,1H3,(H2,14,19)(H,16,18)/t12-/m0/s1. The van der Waals surface area contributed by atoms with Crippen molar-refractivity contribution in [2.75, 3.05) is 0 Å². The van der Waals surface area contributed by atoms with Crippen LogP contribution in [0.4, 0.5) is 0 Å². The number of nitrogens with two attached hydrogens (primary N) is 1. The molecule has 0 aliphatic heterocycles. The van der Waals surface area contributed by atoms with Gasteiger partial charge in [0.05, 0.1) is 16.7 Å². The summed E-state index contributed by atoms with van der Waals surface area (Å²) in [6.45, 7) is 1.34. The molecule has 1 heterocycles. The third kappa shape index (κ3) is 3.25. The van der Waals surface area contributed by atoms with Crippen molar-refractivity contribution in [1.29, 1.82) is 0 Å². The van der Waals surface area contributed by atoms with Crippen LogP contribution >= 0.6 is 0 Å². The number of hydrogen-bond donors (Lipinski definition) is 2. The second-order valence-electron chi connectivity index (χ2n) is 4.21. The molecule has 1 aromatic carbocycles. The third-order valence-electron chi connectivity index (χ3n) is 2.63. The van der Waals surface area contributed by atoms with E-state index in [1.807, 2.05) is 24.3 Å². The number of rotatable bonds is 4. The lowest BCUT2D eigenvalue weighted by atomic mass is 10.1. The van der Waals surface area contributed by atoms with Crippen molar-refractivity contribution >= 4 is 22.8 Å². The van der Waals surface area contributed by atoms with Gasteiger partial charge in [-0.15, -0.1) is 0 Å². The van der Waals surface area contributed by atoms with E-state index in [2.05, 4.69) is 15.3 Å². The number of para-hydroxylation sites is 2. The van der Waals surface area contributed by atoms with Crippen LogP contribution in [0.1, 0.15) is 12.6 Å². The summed E-state index contributed by atoms with van der Waals surface area (Å²) in [5.41, 5.74) is 7.37. The number of carbonyl (C=O) groups is 2. The highest BCUT2D eigenvalue weighted by molar-refractivity contribution is 5.85. The van der Waals surface area contributed by atoms with Crippen molar-refractivity contribution < 1.29 is 9.59 Å². The summed E-state index contributed by atoms with van der Waals surface area (Å²) < 4.78 is 0. The average Bonchev–Trinajstić information content (AvgIpc) is 2.37. The molecule has 19 heavy (non-hydrogen) atoms. The highest BCUT2D eigenvalue weighted by atomic mass is 16.2.